The molecule has 1 aromatic heterocycles. The molecule has 2 aromatic rings. The summed E-state index contributed by atoms with van der Waals surface area (Å²) in [6.45, 7) is 10.7. The zero-order valence-electron chi connectivity index (χ0n) is 11.2. The summed E-state index contributed by atoms with van der Waals surface area (Å²) in [5.41, 5.74) is 2.30. The first-order valence-corrected chi connectivity index (χ1v) is 9.64. The predicted octanol–water partition coefficient (Wildman–Crippen LogP) is 3.24. The van der Waals surface area contributed by atoms with Gasteiger partial charge in [0.2, 0.25) is 0 Å². The molecule has 0 saturated carbocycles. The molecule has 2 rings (SSSR count). The fourth-order valence-corrected chi connectivity index (χ4v) is 4.53. The quantitative estimate of drug-likeness (QED) is 0.610. The Kier molecular flexibility index (Phi) is 3.14. The number of hydrogen-bond donors (Lipinski definition) is 0. The lowest BCUT2D eigenvalue weighted by atomic mass is 10.1. The summed E-state index contributed by atoms with van der Waals surface area (Å²) in [7, 11) is -1.57. The van der Waals surface area contributed by atoms with Gasteiger partial charge < -0.3 is 0 Å². The Labute approximate surface area is 109 Å². The predicted molar refractivity (Wildman–Crippen MR) is 79.8 cm³/mol. The van der Waals surface area contributed by atoms with Crippen LogP contribution >= 0.6 is 0 Å². The van der Waals surface area contributed by atoms with E-state index in [9.17, 15) is 5.26 Å². The molecule has 0 spiro atoms. The third-order valence-corrected chi connectivity index (χ3v) is 5.08. The van der Waals surface area contributed by atoms with Crippen LogP contribution in [0.25, 0.3) is 10.9 Å². The molecule has 2 nitrogen and oxygen atoms in total. The molecule has 1 aromatic carbocycles. The van der Waals surface area contributed by atoms with Crippen LogP contribution < -0.4 is 5.32 Å². The zero-order valence-corrected chi connectivity index (χ0v) is 12.2. The van der Waals surface area contributed by atoms with E-state index in [1.165, 1.54) is 16.3 Å². The molecule has 0 fully saturated rings. The van der Waals surface area contributed by atoms with E-state index in [1.54, 1.807) is 0 Å². The van der Waals surface area contributed by atoms with E-state index in [1.807, 2.05) is 28.8 Å². The summed E-state index contributed by atoms with van der Waals surface area (Å²) in [4.78, 5) is 0. The van der Waals surface area contributed by atoms with Crippen LogP contribution in [-0.4, -0.2) is 12.6 Å². The van der Waals surface area contributed by atoms with Crippen molar-refractivity contribution in [3.63, 3.8) is 0 Å². The van der Waals surface area contributed by atoms with Crippen LogP contribution in [0, 0.1) is 11.5 Å². The summed E-state index contributed by atoms with van der Waals surface area (Å²) in [5.74, 6) is 0. The van der Waals surface area contributed by atoms with E-state index in [4.69, 9.17) is 0 Å². The minimum absolute atomic E-state index is 0.828. The molecule has 0 atom stereocenters. The summed E-state index contributed by atoms with van der Waals surface area (Å²) in [6.07, 6.45) is 5.09. The van der Waals surface area contributed by atoms with Crippen LogP contribution in [-0.2, 0) is 6.42 Å². The number of hydrogen-bond acceptors (Lipinski definition) is 1. The van der Waals surface area contributed by atoms with Gasteiger partial charge in [-0.15, -0.1) is 6.58 Å². The van der Waals surface area contributed by atoms with E-state index in [2.05, 4.69) is 38.5 Å². The molecule has 0 saturated heterocycles. The first-order chi connectivity index (χ1) is 8.50. The van der Waals surface area contributed by atoms with Gasteiger partial charge in [0.15, 0.2) is 6.19 Å². The van der Waals surface area contributed by atoms with Crippen LogP contribution in [0.1, 0.15) is 5.56 Å². The molecule has 0 aliphatic carbocycles. The largest absolute Gasteiger partial charge is 0.255 e. The van der Waals surface area contributed by atoms with Crippen LogP contribution in [0.4, 0.5) is 0 Å². The second-order valence-corrected chi connectivity index (χ2v) is 10.5. The normalized spacial score (nSPS) is 11.4. The van der Waals surface area contributed by atoms with Gasteiger partial charge >= 0.3 is 0 Å². The Balaban J connectivity index is 2.93. The van der Waals surface area contributed by atoms with Crippen molar-refractivity contribution >= 4 is 24.3 Å². The lowest BCUT2D eigenvalue weighted by Crippen LogP contribution is -2.44. The maximum atomic E-state index is 9.47. The fraction of sp³-hybridized carbons (Fsp3) is 0.267. The van der Waals surface area contributed by atoms with Gasteiger partial charge in [-0.25, -0.2) is 0 Å². The number of fused-ring (bicyclic) bond motifs is 1. The molecule has 0 unspecified atom stereocenters. The van der Waals surface area contributed by atoms with Gasteiger partial charge in [-0.05, 0) is 18.1 Å². The Bertz CT molecular complexity index is 639. The highest BCUT2D eigenvalue weighted by atomic mass is 28.3. The summed E-state index contributed by atoms with van der Waals surface area (Å²) in [6, 6.07) is 8.15. The molecule has 1 heterocycles. The maximum Gasteiger partial charge on any atom is 0.188 e. The van der Waals surface area contributed by atoms with Crippen molar-refractivity contribution in [1.82, 2.24) is 4.57 Å². The van der Waals surface area contributed by atoms with Crippen LogP contribution in [0.15, 0.2) is 36.9 Å². The molecule has 3 heteroatoms. The topological polar surface area (TPSA) is 28.7 Å². The first kappa shape index (κ1) is 12.7. The van der Waals surface area contributed by atoms with Crippen molar-refractivity contribution in [1.29, 1.82) is 5.26 Å². The molecule has 18 heavy (non-hydrogen) atoms. The van der Waals surface area contributed by atoms with Gasteiger partial charge in [0.25, 0.3) is 0 Å². The third-order valence-electron chi connectivity index (χ3n) is 3.14. The number of nitriles is 1. The van der Waals surface area contributed by atoms with Crippen molar-refractivity contribution in [2.45, 2.75) is 26.1 Å². The highest BCUT2D eigenvalue weighted by molar-refractivity contribution is 6.88. The number of para-hydroxylation sites is 1. The van der Waals surface area contributed by atoms with Crippen molar-refractivity contribution in [2.24, 2.45) is 0 Å². The molecule has 0 aliphatic heterocycles. The average Bonchev–Trinajstić information content (AvgIpc) is 2.64. The standard InChI is InChI=1S/C15H18N2Si/c1-5-8-13-12-9-6-7-10-14(12)17(11-16)15(13)18(2,3)4/h5-7,9-10H,1,8H2,2-4H3. The SMILES string of the molecule is C=CCc1c([Si](C)(C)C)n(C#N)c2ccccc12. The highest BCUT2D eigenvalue weighted by Crippen LogP contribution is 2.23. The van der Waals surface area contributed by atoms with Gasteiger partial charge in [0.1, 0.15) is 8.07 Å². The number of nitrogens with zero attached hydrogens (tertiary/aromatic N) is 2. The highest BCUT2D eigenvalue weighted by Gasteiger charge is 2.27. The average molecular weight is 254 g/mol. The minimum atomic E-state index is -1.57. The molecule has 0 amide bonds. The van der Waals surface area contributed by atoms with Crippen molar-refractivity contribution < 1.29 is 0 Å². The molecular formula is C15H18N2Si. The monoisotopic (exact) mass is 254 g/mol. The molecule has 0 N–H and O–H groups in total. The Morgan fingerprint density at radius 3 is 2.56 bits per heavy atom. The molecule has 0 radical (unpaired) electrons. The van der Waals surface area contributed by atoms with E-state index in [0.29, 0.717) is 0 Å². The number of benzene rings is 1. The Morgan fingerprint density at radius 1 is 1.33 bits per heavy atom. The van der Waals surface area contributed by atoms with Gasteiger partial charge in [0.05, 0.1) is 5.52 Å². The van der Waals surface area contributed by atoms with Crippen molar-refractivity contribution in [3.05, 3.63) is 42.5 Å². The van der Waals surface area contributed by atoms with E-state index in [0.717, 1.165) is 11.9 Å². The van der Waals surface area contributed by atoms with Crippen molar-refractivity contribution in [2.75, 3.05) is 0 Å². The van der Waals surface area contributed by atoms with E-state index < -0.39 is 8.07 Å². The zero-order chi connectivity index (χ0) is 13.3. The van der Waals surface area contributed by atoms with Gasteiger partial charge in [-0.3, -0.25) is 4.57 Å². The number of rotatable bonds is 3. The smallest absolute Gasteiger partial charge is 0.188 e. The minimum Gasteiger partial charge on any atom is -0.255 e. The Morgan fingerprint density at radius 2 is 2.00 bits per heavy atom. The van der Waals surface area contributed by atoms with Gasteiger partial charge in [0, 0.05) is 10.7 Å². The maximum absolute atomic E-state index is 9.47. The summed E-state index contributed by atoms with van der Waals surface area (Å²) < 4.78 is 1.82. The first-order valence-electron chi connectivity index (χ1n) is 6.14. The van der Waals surface area contributed by atoms with Crippen LogP contribution in [0.5, 0.6) is 0 Å². The van der Waals surface area contributed by atoms with Crippen molar-refractivity contribution in [3.8, 4) is 6.19 Å². The van der Waals surface area contributed by atoms with Gasteiger partial charge in [-0.1, -0.05) is 43.9 Å². The summed E-state index contributed by atoms with van der Waals surface area (Å²) >= 11 is 0. The van der Waals surface area contributed by atoms with Crippen LogP contribution in [0.2, 0.25) is 19.6 Å². The van der Waals surface area contributed by atoms with Crippen LogP contribution in [0.3, 0.4) is 0 Å². The second kappa shape index (κ2) is 4.47. The number of allylic oxidation sites excluding steroid dienone is 1. The molecular weight excluding hydrogens is 236 g/mol. The number of aromatic nitrogens is 1. The van der Waals surface area contributed by atoms with E-state index >= 15 is 0 Å². The fourth-order valence-electron chi connectivity index (χ4n) is 2.55. The summed E-state index contributed by atoms with van der Waals surface area (Å²) in [5, 5.41) is 11.9. The second-order valence-electron chi connectivity index (χ2n) is 5.52. The van der Waals surface area contributed by atoms with E-state index in [-0.39, 0.29) is 0 Å². The van der Waals surface area contributed by atoms with Gasteiger partial charge in [-0.2, -0.15) is 5.26 Å². The molecule has 0 aliphatic rings. The molecule has 0 bridgehead atoms. The third kappa shape index (κ3) is 1.89. The lowest BCUT2D eigenvalue weighted by molar-refractivity contribution is 1.16. The molecule has 92 valence electrons. The Hall–Kier alpha value is -1.79. The lowest BCUT2D eigenvalue weighted by Gasteiger charge is -2.18.